The predicted octanol–water partition coefficient (Wildman–Crippen LogP) is 3.55. The molecule has 3 rings (SSSR count). The van der Waals surface area contributed by atoms with Crippen LogP contribution in [0.5, 0.6) is 0 Å². The number of aryl methyl sites for hydroxylation is 1. The van der Waals surface area contributed by atoms with Crippen molar-refractivity contribution in [3.63, 3.8) is 0 Å². The van der Waals surface area contributed by atoms with E-state index in [0.29, 0.717) is 21.8 Å². The number of anilines is 1. The van der Waals surface area contributed by atoms with Crippen molar-refractivity contribution < 1.29 is 9.21 Å². The fraction of sp³-hybridized carbons (Fsp3) is 0.250. The minimum absolute atomic E-state index is 0.177. The summed E-state index contributed by atoms with van der Waals surface area (Å²) in [5.74, 6) is 1.74. The highest BCUT2D eigenvalue weighted by atomic mass is 35.5. The summed E-state index contributed by atoms with van der Waals surface area (Å²) < 4.78 is 7.15. The third kappa shape index (κ3) is 3.85. The molecular weight excluding hydrogens is 362 g/mol. The van der Waals surface area contributed by atoms with Crippen LogP contribution in [0, 0.1) is 6.92 Å². The summed E-state index contributed by atoms with van der Waals surface area (Å²) in [5, 5.41) is 11.9. The Labute approximate surface area is 153 Å². The highest BCUT2D eigenvalue weighted by molar-refractivity contribution is 8.00. The lowest BCUT2D eigenvalue weighted by molar-refractivity contribution is -0.115. The molecule has 0 saturated heterocycles. The first-order chi connectivity index (χ1) is 12.0. The normalized spacial score (nSPS) is 12.2. The third-order valence-electron chi connectivity index (χ3n) is 3.56. The molecule has 0 unspecified atom stereocenters. The molecule has 0 saturated carbocycles. The number of carbonyl (C=O) groups is 1. The maximum atomic E-state index is 12.3. The van der Waals surface area contributed by atoms with Gasteiger partial charge < -0.3 is 14.3 Å². The molecule has 1 amide bonds. The number of pyridine rings is 1. The number of nitrogens with one attached hydrogen (secondary N) is 1. The molecular formula is C16H16ClN5O2S. The molecule has 3 aromatic rings. The van der Waals surface area contributed by atoms with Gasteiger partial charge in [-0.15, -0.1) is 10.2 Å². The van der Waals surface area contributed by atoms with E-state index in [2.05, 4.69) is 20.5 Å². The highest BCUT2D eigenvalue weighted by Gasteiger charge is 2.20. The molecule has 25 heavy (non-hydrogen) atoms. The van der Waals surface area contributed by atoms with Gasteiger partial charge in [0.25, 0.3) is 0 Å². The van der Waals surface area contributed by atoms with Gasteiger partial charge >= 0.3 is 0 Å². The van der Waals surface area contributed by atoms with E-state index in [0.717, 1.165) is 11.3 Å². The van der Waals surface area contributed by atoms with Crippen molar-refractivity contribution in [3.05, 3.63) is 41.4 Å². The van der Waals surface area contributed by atoms with Crippen molar-refractivity contribution in [2.45, 2.75) is 24.3 Å². The molecule has 1 atom stereocenters. The molecule has 7 nitrogen and oxygen atoms in total. The number of nitrogens with zero attached hydrogens (tertiary/aromatic N) is 4. The SMILES string of the molecule is Cc1occc1-c1nnc(S[C@H](C)C(=O)Nc2ccc(Cl)cn2)n1C. The van der Waals surface area contributed by atoms with Gasteiger partial charge in [0.05, 0.1) is 22.1 Å². The van der Waals surface area contributed by atoms with Gasteiger partial charge in [0, 0.05) is 13.2 Å². The zero-order chi connectivity index (χ0) is 18.0. The van der Waals surface area contributed by atoms with Crippen molar-refractivity contribution in [1.82, 2.24) is 19.7 Å². The summed E-state index contributed by atoms with van der Waals surface area (Å²) in [6, 6.07) is 5.17. The smallest absolute Gasteiger partial charge is 0.238 e. The number of halogens is 1. The van der Waals surface area contributed by atoms with E-state index in [1.165, 1.54) is 18.0 Å². The first-order valence-corrected chi connectivity index (χ1v) is 8.74. The Morgan fingerprint density at radius 2 is 2.16 bits per heavy atom. The van der Waals surface area contributed by atoms with Crippen LogP contribution < -0.4 is 5.32 Å². The Morgan fingerprint density at radius 1 is 1.36 bits per heavy atom. The molecule has 0 aliphatic carbocycles. The molecule has 0 fully saturated rings. The minimum atomic E-state index is -0.376. The topological polar surface area (TPSA) is 85.8 Å². The zero-order valence-electron chi connectivity index (χ0n) is 13.9. The number of carbonyl (C=O) groups excluding carboxylic acids is 1. The number of thioether (sulfide) groups is 1. The fourth-order valence-corrected chi connectivity index (χ4v) is 3.08. The lowest BCUT2D eigenvalue weighted by Gasteiger charge is -2.11. The van der Waals surface area contributed by atoms with Gasteiger partial charge in [-0.25, -0.2) is 4.98 Å². The van der Waals surface area contributed by atoms with Gasteiger partial charge in [-0.05, 0) is 32.0 Å². The van der Waals surface area contributed by atoms with E-state index >= 15 is 0 Å². The lowest BCUT2D eigenvalue weighted by Crippen LogP contribution is -2.23. The molecule has 3 heterocycles. The summed E-state index contributed by atoms with van der Waals surface area (Å²) in [7, 11) is 1.86. The van der Waals surface area contributed by atoms with Crippen LogP contribution in [0.4, 0.5) is 5.82 Å². The van der Waals surface area contributed by atoms with Crippen LogP contribution in [0.25, 0.3) is 11.4 Å². The molecule has 0 aromatic carbocycles. The Morgan fingerprint density at radius 3 is 2.80 bits per heavy atom. The largest absolute Gasteiger partial charge is 0.469 e. The number of hydrogen-bond donors (Lipinski definition) is 1. The van der Waals surface area contributed by atoms with Crippen LogP contribution in [0.3, 0.4) is 0 Å². The molecule has 0 aliphatic heterocycles. The van der Waals surface area contributed by atoms with Crippen molar-refractivity contribution >= 4 is 35.1 Å². The second-order valence-electron chi connectivity index (χ2n) is 5.37. The quantitative estimate of drug-likeness (QED) is 0.684. The predicted molar refractivity (Wildman–Crippen MR) is 96.6 cm³/mol. The van der Waals surface area contributed by atoms with E-state index < -0.39 is 0 Å². The summed E-state index contributed by atoms with van der Waals surface area (Å²) in [6.45, 7) is 3.67. The first-order valence-electron chi connectivity index (χ1n) is 7.48. The maximum absolute atomic E-state index is 12.3. The van der Waals surface area contributed by atoms with Crippen LogP contribution in [0.2, 0.25) is 5.02 Å². The van der Waals surface area contributed by atoms with Gasteiger partial charge in [-0.2, -0.15) is 0 Å². The van der Waals surface area contributed by atoms with Gasteiger partial charge in [-0.3, -0.25) is 4.79 Å². The number of hydrogen-bond acceptors (Lipinski definition) is 6. The Bertz CT molecular complexity index is 890. The molecule has 0 bridgehead atoms. The number of rotatable bonds is 5. The van der Waals surface area contributed by atoms with Crippen molar-refractivity contribution in [3.8, 4) is 11.4 Å². The molecule has 0 aliphatic rings. The molecule has 9 heteroatoms. The Hall–Kier alpha value is -2.32. The molecule has 0 radical (unpaired) electrons. The van der Waals surface area contributed by atoms with Crippen LogP contribution in [-0.2, 0) is 11.8 Å². The van der Waals surface area contributed by atoms with E-state index in [9.17, 15) is 4.79 Å². The van der Waals surface area contributed by atoms with Crippen LogP contribution in [0.1, 0.15) is 12.7 Å². The average molecular weight is 378 g/mol. The summed E-state index contributed by atoms with van der Waals surface area (Å²) in [4.78, 5) is 16.4. The summed E-state index contributed by atoms with van der Waals surface area (Å²) in [6.07, 6.45) is 3.10. The molecule has 0 spiro atoms. The first kappa shape index (κ1) is 17.5. The summed E-state index contributed by atoms with van der Waals surface area (Å²) in [5.41, 5.74) is 0.879. The number of amides is 1. The molecule has 1 N–H and O–H groups in total. The number of furan rings is 1. The fourth-order valence-electron chi connectivity index (χ4n) is 2.16. The lowest BCUT2D eigenvalue weighted by atomic mass is 10.2. The molecule has 3 aromatic heterocycles. The highest BCUT2D eigenvalue weighted by Crippen LogP contribution is 2.28. The summed E-state index contributed by atoms with van der Waals surface area (Å²) >= 11 is 7.10. The Kier molecular flexibility index (Phi) is 5.10. The van der Waals surface area contributed by atoms with Gasteiger partial charge in [0.15, 0.2) is 11.0 Å². The second-order valence-corrected chi connectivity index (χ2v) is 7.11. The maximum Gasteiger partial charge on any atom is 0.238 e. The zero-order valence-corrected chi connectivity index (χ0v) is 15.4. The second kappa shape index (κ2) is 7.28. The third-order valence-corrected chi connectivity index (χ3v) is 4.92. The van der Waals surface area contributed by atoms with Crippen LogP contribution >= 0.6 is 23.4 Å². The minimum Gasteiger partial charge on any atom is -0.469 e. The van der Waals surface area contributed by atoms with Gasteiger partial charge in [-0.1, -0.05) is 23.4 Å². The van der Waals surface area contributed by atoms with Crippen molar-refractivity contribution in [1.29, 1.82) is 0 Å². The van der Waals surface area contributed by atoms with Crippen molar-refractivity contribution in [2.75, 3.05) is 5.32 Å². The van der Waals surface area contributed by atoms with E-state index in [4.69, 9.17) is 16.0 Å². The Balaban J connectivity index is 1.69. The average Bonchev–Trinajstić information content (AvgIpc) is 3.16. The van der Waals surface area contributed by atoms with Crippen LogP contribution in [-0.4, -0.2) is 30.9 Å². The van der Waals surface area contributed by atoms with Gasteiger partial charge in [0.1, 0.15) is 11.6 Å². The van der Waals surface area contributed by atoms with E-state index in [1.54, 1.807) is 25.3 Å². The van der Waals surface area contributed by atoms with E-state index in [1.807, 2.05) is 24.6 Å². The molecule has 130 valence electrons. The number of aromatic nitrogens is 4. The monoisotopic (exact) mass is 377 g/mol. The van der Waals surface area contributed by atoms with Crippen LogP contribution in [0.15, 0.2) is 40.2 Å². The van der Waals surface area contributed by atoms with Crippen molar-refractivity contribution in [2.24, 2.45) is 7.05 Å². The van der Waals surface area contributed by atoms with Gasteiger partial charge in [0.2, 0.25) is 5.91 Å². The van der Waals surface area contributed by atoms with E-state index in [-0.39, 0.29) is 11.2 Å². The standard InChI is InChI=1S/C16H16ClN5O2S/c1-9-12(6-7-24-9)14-20-21-16(22(14)3)25-10(2)15(23)19-13-5-4-11(17)8-18-13/h4-8,10H,1-3H3,(H,18,19,23)/t10-/m1/s1.